The molecule has 3 aromatic carbocycles. The summed E-state index contributed by atoms with van der Waals surface area (Å²) in [6.45, 7) is 0. The van der Waals surface area contributed by atoms with Gasteiger partial charge < -0.3 is 10.1 Å². The second-order valence-electron chi connectivity index (χ2n) is 5.95. The van der Waals surface area contributed by atoms with Gasteiger partial charge in [-0.05, 0) is 60.2 Å². The topological polar surface area (TPSA) is 38.3 Å². The highest BCUT2D eigenvalue weighted by molar-refractivity contribution is 6.30. The summed E-state index contributed by atoms with van der Waals surface area (Å²) < 4.78 is 43.3. The predicted molar refractivity (Wildman–Crippen MR) is 103 cm³/mol. The maximum Gasteiger partial charge on any atom is 0.416 e. The number of rotatable bonds is 4. The number of methoxy groups -OCH3 is 1. The lowest BCUT2D eigenvalue weighted by atomic mass is 10.0. The van der Waals surface area contributed by atoms with E-state index in [0.717, 1.165) is 17.7 Å². The largest absolute Gasteiger partial charge is 0.496 e. The first-order valence-electron chi connectivity index (χ1n) is 8.20. The quantitative estimate of drug-likeness (QED) is 0.554. The van der Waals surface area contributed by atoms with Gasteiger partial charge in [0, 0.05) is 21.8 Å². The Kier molecular flexibility index (Phi) is 5.61. The third-order valence-electron chi connectivity index (χ3n) is 4.09. The molecule has 7 heteroatoms. The van der Waals surface area contributed by atoms with Gasteiger partial charge in [0.25, 0.3) is 5.91 Å². The molecule has 0 aromatic heterocycles. The molecule has 1 N–H and O–H groups in total. The van der Waals surface area contributed by atoms with Crippen LogP contribution in [0.1, 0.15) is 15.9 Å². The average Bonchev–Trinajstić information content (AvgIpc) is 2.68. The fourth-order valence-electron chi connectivity index (χ4n) is 2.65. The molecule has 3 nitrogen and oxygen atoms in total. The van der Waals surface area contributed by atoms with Gasteiger partial charge in [0.1, 0.15) is 5.75 Å². The normalized spacial score (nSPS) is 11.2. The smallest absolute Gasteiger partial charge is 0.416 e. The lowest BCUT2D eigenvalue weighted by Gasteiger charge is -2.12. The van der Waals surface area contributed by atoms with Gasteiger partial charge in [0.15, 0.2) is 0 Å². The fraction of sp³-hybridized carbons (Fsp3) is 0.0952. The summed E-state index contributed by atoms with van der Waals surface area (Å²) in [6, 6.07) is 16.2. The van der Waals surface area contributed by atoms with Crippen molar-refractivity contribution < 1.29 is 22.7 Å². The van der Waals surface area contributed by atoms with Crippen molar-refractivity contribution in [3.63, 3.8) is 0 Å². The number of hydrogen-bond acceptors (Lipinski definition) is 2. The van der Waals surface area contributed by atoms with E-state index in [0.29, 0.717) is 21.9 Å². The summed E-state index contributed by atoms with van der Waals surface area (Å²) in [5.74, 6) is 0.131. The Bertz CT molecular complexity index is 984. The van der Waals surface area contributed by atoms with E-state index in [-0.39, 0.29) is 5.69 Å². The Labute approximate surface area is 164 Å². The molecule has 0 bridgehead atoms. The molecule has 0 saturated heterocycles. The van der Waals surface area contributed by atoms with Crippen molar-refractivity contribution in [2.75, 3.05) is 12.4 Å². The standard InChI is InChI=1S/C21H15ClF3NO2/c1-28-19-11-4-14(12-18(19)13-2-7-16(22)8-3-13)20(27)26-17-9-5-15(6-10-17)21(23,24)25/h2-12H,1H3,(H,26,27). The number of alkyl halides is 3. The van der Waals surface area contributed by atoms with Crippen LogP contribution in [0.15, 0.2) is 66.7 Å². The van der Waals surface area contributed by atoms with Crippen LogP contribution in [-0.2, 0) is 6.18 Å². The van der Waals surface area contributed by atoms with Gasteiger partial charge in [-0.15, -0.1) is 0 Å². The van der Waals surface area contributed by atoms with E-state index in [1.54, 1.807) is 42.5 Å². The second-order valence-corrected chi connectivity index (χ2v) is 6.39. The maximum atomic E-state index is 12.6. The van der Waals surface area contributed by atoms with E-state index in [4.69, 9.17) is 16.3 Å². The number of benzene rings is 3. The van der Waals surface area contributed by atoms with Crippen LogP contribution in [0.25, 0.3) is 11.1 Å². The molecule has 0 aliphatic heterocycles. The zero-order valence-electron chi connectivity index (χ0n) is 14.7. The minimum atomic E-state index is -4.42. The summed E-state index contributed by atoms with van der Waals surface area (Å²) in [5, 5.41) is 3.18. The summed E-state index contributed by atoms with van der Waals surface area (Å²) in [5.41, 5.74) is 1.33. The number of halogens is 4. The minimum absolute atomic E-state index is 0.266. The first kappa shape index (κ1) is 19.8. The molecule has 0 aliphatic rings. The van der Waals surface area contributed by atoms with Gasteiger partial charge >= 0.3 is 6.18 Å². The van der Waals surface area contributed by atoms with Crippen LogP contribution in [0.4, 0.5) is 18.9 Å². The van der Waals surface area contributed by atoms with Crippen LogP contribution >= 0.6 is 11.6 Å². The van der Waals surface area contributed by atoms with Crippen LogP contribution in [0.5, 0.6) is 5.75 Å². The van der Waals surface area contributed by atoms with E-state index in [1.807, 2.05) is 0 Å². The van der Waals surface area contributed by atoms with Crippen molar-refractivity contribution in [3.05, 3.63) is 82.9 Å². The van der Waals surface area contributed by atoms with Crippen molar-refractivity contribution in [2.24, 2.45) is 0 Å². The first-order valence-corrected chi connectivity index (χ1v) is 8.58. The highest BCUT2D eigenvalue weighted by atomic mass is 35.5. The molecule has 0 unspecified atom stereocenters. The molecule has 0 saturated carbocycles. The van der Waals surface area contributed by atoms with Crippen LogP contribution in [0, 0.1) is 0 Å². The maximum absolute atomic E-state index is 12.6. The SMILES string of the molecule is COc1ccc(C(=O)Nc2ccc(C(F)(F)F)cc2)cc1-c1ccc(Cl)cc1. The Morgan fingerprint density at radius 2 is 1.61 bits per heavy atom. The van der Waals surface area contributed by atoms with Gasteiger partial charge in [-0.25, -0.2) is 0 Å². The van der Waals surface area contributed by atoms with Crippen LogP contribution in [0.2, 0.25) is 5.02 Å². The number of anilines is 1. The lowest BCUT2D eigenvalue weighted by molar-refractivity contribution is -0.137. The monoisotopic (exact) mass is 405 g/mol. The Hall–Kier alpha value is -2.99. The van der Waals surface area contributed by atoms with Crippen molar-refractivity contribution in [2.45, 2.75) is 6.18 Å². The van der Waals surface area contributed by atoms with E-state index in [9.17, 15) is 18.0 Å². The molecule has 1 amide bonds. The molecule has 3 rings (SSSR count). The van der Waals surface area contributed by atoms with E-state index >= 15 is 0 Å². The van der Waals surface area contributed by atoms with Crippen LogP contribution < -0.4 is 10.1 Å². The second kappa shape index (κ2) is 7.94. The molecule has 0 fully saturated rings. The van der Waals surface area contributed by atoms with Crippen molar-refractivity contribution >= 4 is 23.2 Å². The molecular weight excluding hydrogens is 391 g/mol. The van der Waals surface area contributed by atoms with Gasteiger partial charge in [-0.1, -0.05) is 23.7 Å². The third-order valence-corrected chi connectivity index (χ3v) is 4.34. The number of nitrogens with one attached hydrogen (secondary N) is 1. The Morgan fingerprint density at radius 1 is 0.964 bits per heavy atom. The van der Waals surface area contributed by atoms with E-state index in [1.165, 1.54) is 19.2 Å². The van der Waals surface area contributed by atoms with Gasteiger partial charge in [-0.2, -0.15) is 13.2 Å². The van der Waals surface area contributed by atoms with Crippen LogP contribution in [-0.4, -0.2) is 13.0 Å². The number of amides is 1. The predicted octanol–water partition coefficient (Wildman–Crippen LogP) is 6.29. The highest BCUT2D eigenvalue weighted by Gasteiger charge is 2.30. The molecular formula is C21H15ClF3NO2. The Morgan fingerprint density at radius 3 is 2.18 bits per heavy atom. The Balaban J connectivity index is 1.86. The van der Waals surface area contributed by atoms with Gasteiger partial charge in [-0.3, -0.25) is 4.79 Å². The fourth-order valence-corrected chi connectivity index (χ4v) is 2.78. The molecule has 3 aromatic rings. The van der Waals surface area contributed by atoms with Gasteiger partial charge in [0.2, 0.25) is 0 Å². The van der Waals surface area contributed by atoms with E-state index < -0.39 is 17.6 Å². The van der Waals surface area contributed by atoms with Crippen LogP contribution in [0.3, 0.4) is 0 Å². The molecule has 28 heavy (non-hydrogen) atoms. The highest BCUT2D eigenvalue weighted by Crippen LogP contribution is 2.32. The van der Waals surface area contributed by atoms with Crippen molar-refractivity contribution in [1.29, 1.82) is 0 Å². The zero-order chi connectivity index (χ0) is 20.3. The first-order chi connectivity index (χ1) is 13.3. The van der Waals surface area contributed by atoms with Crippen molar-refractivity contribution in [1.82, 2.24) is 0 Å². The average molecular weight is 406 g/mol. The number of ether oxygens (including phenoxy) is 1. The van der Waals surface area contributed by atoms with Crippen molar-refractivity contribution in [3.8, 4) is 16.9 Å². The summed E-state index contributed by atoms with van der Waals surface area (Å²) >= 11 is 5.92. The third kappa shape index (κ3) is 4.46. The molecule has 0 spiro atoms. The molecule has 0 radical (unpaired) electrons. The van der Waals surface area contributed by atoms with E-state index in [2.05, 4.69) is 5.32 Å². The summed E-state index contributed by atoms with van der Waals surface area (Å²) in [7, 11) is 1.52. The zero-order valence-corrected chi connectivity index (χ0v) is 15.4. The molecule has 0 aliphatic carbocycles. The van der Waals surface area contributed by atoms with Gasteiger partial charge in [0.05, 0.1) is 12.7 Å². The number of hydrogen-bond donors (Lipinski definition) is 1. The minimum Gasteiger partial charge on any atom is -0.496 e. The number of carbonyl (C=O) groups is 1. The molecule has 0 heterocycles. The molecule has 0 atom stereocenters. The lowest BCUT2D eigenvalue weighted by Crippen LogP contribution is -2.12. The number of carbonyl (C=O) groups excluding carboxylic acids is 1. The molecule has 144 valence electrons. The summed E-state index contributed by atoms with van der Waals surface area (Å²) in [4.78, 5) is 12.5. The summed E-state index contributed by atoms with van der Waals surface area (Å²) in [6.07, 6.45) is -4.42.